The van der Waals surface area contributed by atoms with Crippen molar-refractivity contribution in [1.82, 2.24) is 10.2 Å². The van der Waals surface area contributed by atoms with E-state index in [1.807, 2.05) is 13.8 Å². The van der Waals surface area contributed by atoms with E-state index in [1.54, 1.807) is 11.8 Å². The van der Waals surface area contributed by atoms with Crippen LogP contribution >= 0.6 is 0 Å². The molecule has 1 unspecified atom stereocenters. The van der Waals surface area contributed by atoms with Gasteiger partial charge in [0.25, 0.3) is 0 Å². The molecule has 1 fully saturated rings. The largest absolute Gasteiger partial charge is 0.480 e. The van der Waals surface area contributed by atoms with Gasteiger partial charge < -0.3 is 15.3 Å². The van der Waals surface area contributed by atoms with Gasteiger partial charge in [0.05, 0.1) is 0 Å². The first kappa shape index (κ1) is 13.8. The number of rotatable bonds is 6. The maximum absolute atomic E-state index is 12.0. The second-order valence-electron chi connectivity index (χ2n) is 4.79. The van der Waals surface area contributed by atoms with E-state index in [0.717, 1.165) is 19.3 Å². The van der Waals surface area contributed by atoms with Crippen LogP contribution in [-0.2, 0) is 4.79 Å². The maximum Gasteiger partial charge on any atom is 0.329 e. The van der Waals surface area contributed by atoms with Crippen molar-refractivity contribution in [3.63, 3.8) is 0 Å². The summed E-state index contributed by atoms with van der Waals surface area (Å²) in [4.78, 5) is 24.9. The normalized spacial score (nSPS) is 18.3. The van der Waals surface area contributed by atoms with Gasteiger partial charge in [-0.25, -0.2) is 9.59 Å². The number of hydrogen-bond acceptors (Lipinski definition) is 2. The van der Waals surface area contributed by atoms with E-state index < -0.39 is 11.5 Å². The Morgan fingerprint density at radius 3 is 2.35 bits per heavy atom. The Balaban J connectivity index is 2.66. The molecule has 0 bridgehead atoms. The fourth-order valence-electron chi connectivity index (χ4n) is 1.97. The highest BCUT2D eigenvalue weighted by atomic mass is 16.4. The van der Waals surface area contributed by atoms with Crippen molar-refractivity contribution in [3.05, 3.63) is 0 Å². The molecule has 0 aromatic rings. The van der Waals surface area contributed by atoms with Gasteiger partial charge in [0.15, 0.2) is 0 Å². The Labute approximate surface area is 102 Å². The number of hydrogen-bond donors (Lipinski definition) is 2. The zero-order valence-corrected chi connectivity index (χ0v) is 10.8. The van der Waals surface area contributed by atoms with Gasteiger partial charge in [-0.2, -0.15) is 0 Å². The summed E-state index contributed by atoms with van der Waals surface area (Å²) in [6.45, 7) is 6.74. The highest BCUT2D eigenvalue weighted by Gasteiger charge is 2.48. The number of aliphatic carboxylic acids is 1. The van der Waals surface area contributed by atoms with Gasteiger partial charge in [0, 0.05) is 13.1 Å². The molecule has 1 saturated carbocycles. The molecule has 0 heterocycles. The van der Waals surface area contributed by atoms with Crippen LogP contribution in [0.3, 0.4) is 0 Å². The minimum Gasteiger partial charge on any atom is -0.480 e. The van der Waals surface area contributed by atoms with Gasteiger partial charge >= 0.3 is 12.0 Å². The van der Waals surface area contributed by atoms with Crippen LogP contribution in [0.25, 0.3) is 0 Å². The third-order valence-corrected chi connectivity index (χ3v) is 3.37. The Kier molecular flexibility index (Phi) is 4.37. The summed E-state index contributed by atoms with van der Waals surface area (Å²) in [5.41, 5.74) is -1.11. The molecule has 17 heavy (non-hydrogen) atoms. The van der Waals surface area contributed by atoms with Crippen LogP contribution in [0, 0.1) is 5.92 Å². The predicted molar refractivity (Wildman–Crippen MR) is 64.8 cm³/mol. The molecule has 0 spiro atoms. The summed E-state index contributed by atoms with van der Waals surface area (Å²) < 4.78 is 0. The van der Waals surface area contributed by atoms with Gasteiger partial charge in [-0.3, -0.25) is 0 Å². The van der Waals surface area contributed by atoms with E-state index in [-0.39, 0.29) is 11.9 Å². The molecule has 5 heteroatoms. The molecule has 1 rings (SSSR count). The third-order valence-electron chi connectivity index (χ3n) is 3.37. The van der Waals surface area contributed by atoms with Crippen molar-refractivity contribution in [3.8, 4) is 0 Å². The Bertz CT molecular complexity index is 302. The van der Waals surface area contributed by atoms with Crippen LogP contribution in [0.2, 0.25) is 0 Å². The zero-order valence-electron chi connectivity index (χ0n) is 10.8. The van der Waals surface area contributed by atoms with Crippen molar-refractivity contribution in [2.24, 2.45) is 5.92 Å². The molecular formula is C12H22N2O3. The molecule has 1 aliphatic rings. The SMILES string of the molecule is CCCN(CC)C(=O)NC(C)(C(=O)O)C1CC1. The Morgan fingerprint density at radius 1 is 1.41 bits per heavy atom. The van der Waals surface area contributed by atoms with E-state index in [2.05, 4.69) is 5.32 Å². The van der Waals surface area contributed by atoms with Crippen LogP contribution in [0.4, 0.5) is 4.79 Å². The van der Waals surface area contributed by atoms with Crippen molar-refractivity contribution < 1.29 is 14.7 Å². The summed E-state index contributed by atoms with van der Waals surface area (Å²) in [6, 6.07) is -0.272. The topological polar surface area (TPSA) is 69.6 Å². The van der Waals surface area contributed by atoms with E-state index in [4.69, 9.17) is 0 Å². The fourth-order valence-corrected chi connectivity index (χ4v) is 1.97. The second-order valence-corrected chi connectivity index (χ2v) is 4.79. The highest BCUT2D eigenvalue weighted by molar-refractivity contribution is 5.86. The van der Waals surface area contributed by atoms with Crippen LogP contribution in [0.1, 0.15) is 40.0 Å². The Morgan fingerprint density at radius 2 is 2.00 bits per heavy atom. The van der Waals surface area contributed by atoms with E-state index in [1.165, 1.54) is 0 Å². The van der Waals surface area contributed by atoms with Crippen molar-refractivity contribution in [1.29, 1.82) is 0 Å². The number of carboxylic acid groups (broad SMARTS) is 1. The Hall–Kier alpha value is -1.26. The summed E-state index contributed by atoms with van der Waals surface area (Å²) in [6.07, 6.45) is 2.63. The molecular weight excluding hydrogens is 220 g/mol. The summed E-state index contributed by atoms with van der Waals surface area (Å²) >= 11 is 0. The van der Waals surface area contributed by atoms with Gasteiger partial charge in [-0.1, -0.05) is 6.92 Å². The van der Waals surface area contributed by atoms with Gasteiger partial charge in [-0.05, 0) is 39.0 Å². The molecule has 98 valence electrons. The van der Waals surface area contributed by atoms with Crippen LogP contribution in [0.5, 0.6) is 0 Å². The van der Waals surface area contributed by atoms with Gasteiger partial charge in [0.2, 0.25) is 0 Å². The van der Waals surface area contributed by atoms with Crippen LogP contribution in [0.15, 0.2) is 0 Å². The predicted octanol–water partition coefficient (Wildman–Crippen LogP) is 1.68. The molecule has 0 aliphatic heterocycles. The first-order chi connectivity index (χ1) is 7.95. The van der Waals surface area contributed by atoms with Crippen molar-refractivity contribution in [2.75, 3.05) is 13.1 Å². The van der Waals surface area contributed by atoms with Crippen LogP contribution in [-0.4, -0.2) is 40.6 Å². The molecule has 2 amide bonds. The minimum absolute atomic E-state index is 0.0734. The van der Waals surface area contributed by atoms with E-state index in [0.29, 0.717) is 13.1 Å². The quantitative estimate of drug-likeness (QED) is 0.744. The maximum atomic E-state index is 12.0. The molecule has 0 aromatic carbocycles. The number of carbonyl (C=O) groups excluding carboxylic acids is 1. The number of urea groups is 1. The molecule has 5 nitrogen and oxygen atoms in total. The lowest BCUT2D eigenvalue weighted by Crippen LogP contribution is -2.57. The number of carboxylic acids is 1. The fraction of sp³-hybridized carbons (Fsp3) is 0.833. The van der Waals surface area contributed by atoms with Gasteiger partial charge in [-0.15, -0.1) is 0 Å². The van der Waals surface area contributed by atoms with E-state index >= 15 is 0 Å². The standard InChI is InChI=1S/C12H22N2O3/c1-4-8-14(5-2)11(17)13-12(3,10(15)16)9-6-7-9/h9H,4-8H2,1-3H3,(H,13,17)(H,15,16). The average Bonchev–Trinajstić information content (AvgIpc) is 3.08. The lowest BCUT2D eigenvalue weighted by molar-refractivity contribution is -0.144. The molecule has 1 aliphatic carbocycles. The number of nitrogens with zero attached hydrogens (tertiary/aromatic N) is 1. The summed E-state index contributed by atoms with van der Waals surface area (Å²) in [5.74, 6) is -0.870. The van der Waals surface area contributed by atoms with E-state index in [9.17, 15) is 14.7 Å². The lowest BCUT2D eigenvalue weighted by atomic mass is 9.96. The zero-order chi connectivity index (χ0) is 13.1. The minimum atomic E-state index is -1.11. The second kappa shape index (κ2) is 5.38. The molecule has 2 N–H and O–H groups in total. The number of nitrogens with one attached hydrogen (secondary N) is 1. The lowest BCUT2D eigenvalue weighted by Gasteiger charge is -2.30. The number of amides is 2. The number of carbonyl (C=O) groups is 2. The molecule has 1 atom stereocenters. The molecule has 0 radical (unpaired) electrons. The molecule has 0 saturated heterocycles. The van der Waals surface area contributed by atoms with Gasteiger partial charge in [0.1, 0.15) is 5.54 Å². The first-order valence-electron chi connectivity index (χ1n) is 6.26. The third kappa shape index (κ3) is 3.11. The van der Waals surface area contributed by atoms with Crippen LogP contribution < -0.4 is 5.32 Å². The first-order valence-corrected chi connectivity index (χ1v) is 6.26. The van der Waals surface area contributed by atoms with Crippen molar-refractivity contribution in [2.45, 2.75) is 45.6 Å². The molecule has 0 aromatic heterocycles. The highest BCUT2D eigenvalue weighted by Crippen LogP contribution is 2.39. The average molecular weight is 242 g/mol. The summed E-state index contributed by atoms with van der Waals surface area (Å²) in [5, 5.41) is 11.9. The monoisotopic (exact) mass is 242 g/mol. The van der Waals surface area contributed by atoms with Crippen molar-refractivity contribution >= 4 is 12.0 Å². The summed E-state index contributed by atoms with van der Waals surface area (Å²) in [7, 11) is 0. The smallest absolute Gasteiger partial charge is 0.329 e.